The maximum Gasteiger partial charge on any atom is 0.312 e. The minimum absolute atomic E-state index is 0.00278. The zero-order valence-corrected chi connectivity index (χ0v) is 39.4. The number of piperidine rings is 1. The van der Waals surface area contributed by atoms with Gasteiger partial charge in [0.2, 0.25) is 26.8 Å². The second-order valence-corrected chi connectivity index (χ2v) is 19.8. The van der Waals surface area contributed by atoms with Gasteiger partial charge in [0.05, 0.1) is 37.7 Å². The lowest BCUT2D eigenvalue weighted by atomic mass is 9.95. The number of Topliss-reactive ketones (excluding diaryl/α,β-unsaturated/α-hetero) is 2. The molecule has 2 aromatic rings. The van der Waals surface area contributed by atoms with Gasteiger partial charge in [-0.05, 0) is 70.1 Å². The van der Waals surface area contributed by atoms with Gasteiger partial charge in [-0.1, -0.05) is 24.0 Å². The SMILES string of the molecule is CC(C)(C)C(=O)OCc1ccc(NC(=O)[C@H](CCCNC(N)=O)CC(=O)COCC(=O)CCCOCC[N+]2(C)CCC(CNC(=O)CCCC#Cc3cnc(S(C)(=O)=O)nc3)CC2)cc1. The van der Waals surface area contributed by atoms with Gasteiger partial charge in [-0.25, -0.2) is 23.2 Å². The monoisotopic (exact) mass is 926 g/mol. The topological polar surface area (TPSA) is 252 Å². The predicted molar refractivity (Wildman–Crippen MR) is 243 cm³/mol. The fourth-order valence-electron chi connectivity index (χ4n) is 6.72. The number of ether oxygens (including phenoxy) is 3. The second kappa shape index (κ2) is 27.2. The highest BCUT2D eigenvalue weighted by Crippen LogP contribution is 2.22. The molecular weight excluding hydrogens is 859 g/mol. The van der Waals surface area contributed by atoms with Gasteiger partial charge in [-0.2, -0.15) is 0 Å². The molecule has 2 heterocycles. The van der Waals surface area contributed by atoms with E-state index in [0.717, 1.165) is 48.8 Å². The van der Waals surface area contributed by atoms with Crippen molar-refractivity contribution in [1.29, 1.82) is 0 Å². The predicted octanol–water partition coefficient (Wildman–Crippen LogP) is 3.51. The number of carbonyl (C=O) groups is 6. The van der Waals surface area contributed by atoms with Crippen molar-refractivity contribution < 1.29 is 55.9 Å². The van der Waals surface area contributed by atoms with Crippen molar-refractivity contribution in [3.05, 3.63) is 47.8 Å². The van der Waals surface area contributed by atoms with E-state index < -0.39 is 27.2 Å². The molecule has 0 saturated carbocycles. The van der Waals surface area contributed by atoms with Gasteiger partial charge in [-0.15, -0.1) is 0 Å². The molecule has 1 aliphatic heterocycles. The Morgan fingerprint density at radius 2 is 1.58 bits per heavy atom. The van der Waals surface area contributed by atoms with E-state index in [1.807, 2.05) is 0 Å². The van der Waals surface area contributed by atoms with Crippen LogP contribution in [0, 0.1) is 29.1 Å². The molecule has 0 unspecified atom stereocenters. The quantitative estimate of drug-likeness (QED) is 0.0330. The zero-order chi connectivity index (χ0) is 47.9. The number of nitrogens with two attached hydrogens (primary N) is 1. The average molecular weight is 927 g/mol. The van der Waals surface area contributed by atoms with E-state index in [4.69, 9.17) is 19.9 Å². The summed E-state index contributed by atoms with van der Waals surface area (Å²) in [7, 11) is -1.25. The van der Waals surface area contributed by atoms with E-state index in [1.54, 1.807) is 45.0 Å². The number of amides is 4. The number of primary amides is 1. The molecule has 1 saturated heterocycles. The van der Waals surface area contributed by atoms with E-state index in [-0.39, 0.29) is 73.7 Å². The molecule has 1 aliphatic rings. The van der Waals surface area contributed by atoms with E-state index in [2.05, 4.69) is 44.8 Å². The van der Waals surface area contributed by atoms with Crippen LogP contribution in [0.3, 0.4) is 0 Å². The third-order valence-corrected chi connectivity index (χ3v) is 11.6. The van der Waals surface area contributed by atoms with Crippen LogP contribution in [0.25, 0.3) is 0 Å². The van der Waals surface area contributed by atoms with Crippen molar-refractivity contribution in [2.45, 2.75) is 96.7 Å². The Kier molecular flexibility index (Phi) is 22.7. The molecule has 3 rings (SSSR count). The van der Waals surface area contributed by atoms with Gasteiger partial charge in [-0.3, -0.25) is 24.0 Å². The van der Waals surface area contributed by atoms with Crippen LogP contribution in [0.15, 0.2) is 41.8 Å². The number of likely N-dealkylation sites (N-methyl/N-ethyl adjacent to an activating group) is 1. The fraction of sp³-hybridized carbons (Fsp3) is 0.609. The Hall–Kier alpha value is -5.29. The number of sulfone groups is 1. The van der Waals surface area contributed by atoms with Crippen molar-refractivity contribution in [3.8, 4) is 11.8 Å². The van der Waals surface area contributed by atoms with Gasteiger partial charge in [0.1, 0.15) is 26.4 Å². The lowest BCUT2D eigenvalue weighted by Gasteiger charge is -2.40. The highest BCUT2D eigenvalue weighted by Gasteiger charge is 2.30. The van der Waals surface area contributed by atoms with Gasteiger partial charge in [0.15, 0.2) is 11.6 Å². The summed E-state index contributed by atoms with van der Waals surface area (Å²) in [4.78, 5) is 81.8. The van der Waals surface area contributed by atoms with Crippen LogP contribution >= 0.6 is 0 Å². The average Bonchev–Trinajstić information content (AvgIpc) is 3.24. The minimum Gasteiger partial charge on any atom is -0.460 e. The number of rotatable bonds is 27. The van der Waals surface area contributed by atoms with Crippen molar-refractivity contribution in [1.82, 2.24) is 20.6 Å². The summed E-state index contributed by atoms with van der Waals surface area (Å²) in [6, 6.07) is 6.14. The molecule has 18 nitrogen and oxygen atoms in total. The molecule has 19 heteroatoms. The van der Waals surface area contributed by atoms with Crippen LogP contribution in [0.4, 0.5) is 10.5 Å². The number of likely N-dealkylation sites (tertiary alicyclic amines) is 1. The van der Waals surface area contributed by atoms with Crippen LogP contribution in [-0.4, -0.2) is 131 Å². The number of nitrogens with zero attached hydrogens (tertiary/aromatic N) is 3. The number of hydrogen-bond acceptors (Lipinski definition) is 13. The zero-order valence-electron chi connectivity index (χ0n) is 38.6. The first-order valence-corrected chi connectivity index (χ1v) is 24.0. The molecule has 1 aromatic heterocycles. The van der Waals surface area contributed by atoms with Crippen molar-refractivity contribution in [2.75, 3.05) is 77.8 Å². The number of anilines is 1. The molecule has 0 spiro atoms. The molecule has 1 atom stereocenters. The van der Waals surface area contributed by atoms with Crippen LogP contribution < -0.4 is 21.7 Å². The first-order valence-electron chi connectivity index (χ1n) is 22.1. The molecule has 358 valence electrons. The maximum absolute atomic E-state index is 13.2. The molecule has 1 aromatic carbocycles. The Balaban J connectivity index is 1.25. The van der Waals surface area contributed by atoms with Crippen molar-refractivity contribution in [2.24, 2.45) is 23.0 Å². The molecule has 0 bridgehead atoms. The van der Waals surface area contributed by atoms with Crippen molar-refractivity contribution in [3.63, 3.8) is 0 Å². The van der Waals surface area contributed by atoms with Gasteiger partial charge in [0, 0.05) is 88.5 Å². The third-order valence-electron chi connectivity index (χ3n) is 10.8. The summed E-state index contributed by atoms with van der Waals surface area (Å²) in [5, 5.41) is 8.12. The number of aromatic nitrogens is 2. The Morgan fingerprint density at radius 3 is 2.23 bits per heavy atom. The molecule has 65 heavy (non-hydrogen) atoms. The number of esters is 1. The Labute approximate surface area is 383 Å². The standard InChI is InChI=1S/C46H67N7O11S/c1-46(2,3)43(58)64-31-35-15-17-38(18-16-35)52-42(57)37(12-9-21-48-44(47)59)27-40(55)33-63-32-39(54)13-10-25-62-26-24-53(4)22-19-34(20-23-53)28-49-41(56)14-8-6-7-11-36-29-50-45(51-30-36)65(5,60)61/h15-18,29-30,34,37H,6,8-10,12-14,19-28,31-33H2,1-5H3,(H4-,47,48,49,52,56,57,59)/p+1/t34?,37-,53?/m1/s1. The summed E-state index contributed by atoms with van der Waals surface area (Å²) in [5.74, 6) is 4.35. The normalized spacial score (nSPS) is 16.6. The molecular formula is C46H68N7O11S+. The minimum atomic E-state index is -3.46. The summed E-state index contributed by atoms with van der Waals surface area (Å²) in [5.41, 5.74) is 6.29. The summed E-state index contributed by atoms with van der Waals surface area (Å²) in [6.07, 6.45) is 8.62. The van der Waals surface area contributed by atoms with Crippen LogP contribution in [0.5, 0.6) is 0 Å². The highest BCUT2D eigenvalue weighted by atomic mass is 32.2. The summed E-state index contributed by atoms with van der Waals surface area (Å²) < 4.78 is 40.4. The number of unbranched alkanes of at least 4 members (excludes halogenated alkanes) is 1. The van der Waals surface area contributed by atoms with Crippen LogP contribution in [0.2, 0.25) is 0 Å². The van der Waals surface area contributed by atoms with E-state index in [0.29, 0.717) is 75.5 Å². The number of ketones is 2. The van der Waals surface area contributed by atoms with E-state index in [9.17, 15) is 37.2 Å². The first kappa shape index (κ1) is 54.0. The second-order valence-electron chi connectivity index (χ2n) is 17.9. The molecule has 5 N–H and O–H groups in total. The smallest absolute Gasteiger partial charge is 0.312 e. The number of nitrogens with one attached hydrogen (secondary N) is 3. The van der Waals surface area contributed by atoms with Crippen LogP contribution in [0.1, 0.15) is 96.1 Å². The maximum atomic E-state index is 13.2. The molecule has 4 amide bonds. The lowest BCUT2D eigenvalue weighted by Crippen LogP contribution is -2.52. The lowest BCUT2D eigenvalue weighted by molar-refractivity contribution is -0.915. The number of carbonyl (C=O) groups excluding carboxylic acids is 6. The number of quaternary nitrogens is 1. The highest BCUT2D eigenvalue weighted by molar-refractivity contribution is 7.90. The molecule has 0 radical (unpaired) electrons. The number of urea groups is 1. The van der Waals surface area contributed by atoms with Gasteiger partial charge >= 0.3 is 12.0 Å². The largest absolute Gasteiger partial charge is 0.460 e. The molecule has 1 fully saturated rings. The van der Waals surface area contributed by atoms with E-state index in [1.165, 1.54) is 12.4 Å². The fourth-order valence-corrected chi connectivity index (χ4v) is 7.20. The van der Waals surface area contributed by atoms with E-state index >= 15 is 0 Å². The van der Waals surface area contributed by atoms with Gasteiger partial charge in [0.25, 0.3) is 0 Å². The number of hydrogen-bond donors (Lipinski definition) is 4. The number of benzene rings is 1. The Morgan fingerprint density at radius 1 is 0.908 bits per heavy atom. The van der Waals surface area contributed by atoms with Crippen molar-refractivity contribution >= 4 is 50.9 Å². The van der Waals surface area contributed by atoms with Gasteiger partial charge < -0.3 is 40.4 Å². The third kappa shape index (κ3) is 22.4. The molecule has 0 aliphatic carbocycles. The Bertz CT molecular complexity index is 2050. The van der Waals surface area contributed by atoms with Crippen LogP contribution in [-0.2, 0) is 54.6 Å². The summed E-state index contributed by atoms with van der Waals surface area (Å²) >= 11 is 0. The summed E-state index contributed by atoms with van der Waals surface area (Å²) in [6.45, 7) is 9.53. The first-order chi connectivity index (χ1) is 30.7.